The highest BCUT2D eigenvalue weighted by atomic mass is 16.3. The molecule has 0 aliphatic heterocycles. The van der Waals surface area contributed by atoms with Crippen molar-refractivity contribution >= 4 is 5.91 Å². The lowest BCUT2D eigenvalue weighted by Gasteiger charge is -2.27. The summed E-state index contributed by atoms with van der Waals surface area (Å²) in [5.41, 5.74) is 0. The predicted molar refractivity (Wildman–Crippen MR) is 54.9 cm³/mol. The van der Waals surface area contributed by atoms with Gasteiger partial charge in [-0.25, -0.2) is 0 Å². The van der Waals surface area contributed by atoms with Gasteiger partial charge in [0.1, 0.15) is 0 Å². The molecule has 4 nitrogen and oxygen atoms in total. The normalized spacial score (nSPS) is 29.6. The zero-order chi connectivity index (χ0) is 10.6. The standard InChI is InChI=1S/C10H20N2O2/c1-7(11-2)10(14)12-8-4-3-5-9(13)6-8/h7-9,11,13H,3-6H2,1-2H3,(H,12,14). The van der Waals surface area contributed by atoms with Gasteiger partial charge in [0.15, 0.2) is 0 Å². The molecule has 14 heavy (non-hydrogen) atoms. The Balaban J connectivity index is 2.32. The van der Waals surface area contributed by atoms with E-state index in [1.807, 2.05) is 6.92 Å². The van der Waals surface area contributed by atoms with E-state index in [9.17, 15) is 9.90 Å². The van der Waals surface area contributed by atoms with E-state index in [0.29, 0.717) is 6.42 Å². The Labute approximate surface area is 85.1 Å². The third kappa shape index (κ3) is 3.27. The fourth-order valence-electron chi connectivity index (χ4n) is 1.75. The van der Waals surface area contributed by atoms with Crippen molar-refractivity contribution in [3.8, 4) is 0 Å². The molecule has 0 heterocycles. The average Bonchev–Trinajstić information content (AvgIpc) is 2.16. The number of aliphatic hydroxyl groups excluding tert-OH is 1. The molecule has 0 spiro atoms. The molecule has 1 aliphatic rings. The molecule has 1 rings (SSSR count). The Morgan fingerprint density at radius 1 is 1.50 bits per heavy atom. The van der Waals surface area contributed by atoms with Gasteiger partial charge in [-0.2, -0.15) is 0 Å². The van der Waals surface area contributed by atoms with Gasteiger partial charge in [-0.1, -0.05) is 0 Å². The van der Waals surface area contributed by atoms with Crippen LogP contribution in [-0.2, 0) is 4.79 Å². The molecule has 82 valence electrons. The molecule has 3 atom stereocenters. The Bertz CT molecular complexity index is 197. The number of carbonyl (C=O) groups is 1. The van der Waals surface area contributed by atoms with Crippen molar-refractivity contribution in [2.75, 3.05) is 7.05 Å². The fourth-order valence-corrected chi connectivity index (χ4v) is 1.75. The summed E-state index contributed by atoms with van der Waals surface area (Å²) in [4.78, 5) is 11.5. The van der Waals surface area contributed by atoms with Crippen molar-refractivity contribution in [1.29, 1.82) is 0 Å². The van der Waals surface area contributed by atoms with Crippen LogP contribution in [0.5, 0.6) is 0 Å². The summed E-state index contributed by atoms with van der Waals surface area (Å²) < 4.78 is 0. The van der Waals surface area contributed by atoms with E-state index in [1.165, 1.54) is 0 Å². The lowest BCUT2D eigenvalue weighted by atomic mass is 9.93. The average molecular weight is 200 g/mol. The molecule has 1 aliphatic carbocycles. The van der Waals surface area contributed by atoms with Gasteiger partial charge in [0.05, 0.1) is 12.1 Å². The van der Waals surface area contributed by atoms with Crippen LogP contribution < -0.4 is 10.6 Å². The summed E-state index contributed by atoms with van der Waals surface area (Å²) in [5, 5.41) is 15.3. The van der Waals surface area contributed by atoms with Crippen LogP contribution in [0, 0.1) is 0 Å². The minimum atomic E-state index is -0.237. The predicted octanol–water partition coefficient (Wildman–Crippen LogP) is 0.0140. The zero-order valence-corrected chi connectivity index (χ0v) is 8.92. The maximum Gasteiger partial charge on any atom is 0.237 e. The summed E-state index contributed by atoms with van der Waals surface area (Å²) in [6.07, 6.45) is 3.31. The Morgan fingerprint density at radius 2 is 2.21 bits per heavy atom. The number of carbonyl (C=O) groups excluding carboxylic acids is 1. The number of likely N-dealkylation sites (N-methyl/N-ethyl adjacent to an activating group) is 1. The van der Waals surface area contributed by atoms with Gasteiger partial charge in [0.25, 0.3) is 0 Å². The van der Waals surface area contributed by atoms with Crippen molar-refractivity contribution in [2.45, 2.75) is 50.8 Å². The minimum Gasteiger partial charge on any atom is -0.393 e. The summed E-state index contributed by atoms with van der Waals surface area (Å²) in [6.45, 7) is 1.83. The highest BCUT2D eigenvalue weighted by molar-refractivity contribution is 5.81. The van der Waals surface area contributed by atoms with E-state index in [-0.39, 0.29) is 24.1 Å². The summed E-state index contributed by atoms with van der Waals surface area (Å²) in [5.74, 6) is 0.0200. The highest BCUT2D eigenvalue weighted by Crippen LogP contribution is 2.18. The second-order valence-corrected chi connectivity index (χ2v) is 4.04. The quantitative estimate of drug-likeness (QED) is 0.601. The fraction of sp³-hybridized carbons (Fsp3) is 0.900. The van der Waals surface area contributed by atoms with Crippen molar-refractivity contribution in [3.63, 3.8) is 0 Å². The van der Waals surface area contributed by atoms with Crippen LogP contribution in [0.1, 0.15) is 32.6 Å². The minimum absolute atomic E-state index is 0.0200. The Kier molecular flexibility index (Phi) is 4.35. The van der Waals surface area contributed by atoms with E-state index in [4.69, 9.17) is 0 Å². The van der Waals surface area contributed by atoms with E-state index in [2.05, 4.69) is 10.6 Å². The molecule has 0 saturated heterocycles. The molecule has 3 N–H and O–H groups in total. The Morgan fingerprint density at radius 3 is 2.79 bits per heavy atom. The molecule has 0 aromatic heterocycles. The summed E-state index contributed by atoms with van der Waals surface area (Å²) in [6, 6.07) is -0.00359. The molecule has 0 radical (unpaired) electrons. The molecule has 1 saturated carbocycles. The molecule has 4 heteroatoms. The van der Waals surface area contributed by atoms with Gasteiger partial charge in [0, 0.05) is 6.04 Å². The maximum atomic E-state index is 11.5. The summed E-state index contributed by atoms with van der Waals surface area (Å²) in [7, 11) is 1.76. The van der Waals surface area contributed by atoms with Crippen molar-refractivity contribution in [3.05, 3.63) is 0 Å². The number of aliphatic hydroxyl groups is 1. The van der Waals surface area contributed by atoms with Crippen molar-refractivity contribution in [1.82, 2.24) is 10.6 Å². The number of amides is 1. The van der Waals surface area contributed by atoms with Crippen molar-refractivity contribution in [2.24, 2.45) is 0 Å². The van der Waals surface area contributed by atoms with Gasteiger partial charge >= 0.3 is 0 Å². The number of hydrogen-bond donors (Lipinski definition) is 3. The smallest absolute Gasteiger partial charge is 0.237 e. The maximum absolute atomic E-state index is 11.5. The third-order valence-corrected chi connectivity index (χ3v) is 2.82. The number of nitrogens with one attached hydrogen (secondary N) is 2. The first-order chi connectivity index (χ1) is 6.63. The van der Waals surface area contributed by atoms with Gasteiger partial charge in [0.2, 0.25) is 5.91 Å². The van der Waals surface area contributed by atoms with Crippen LogP contribution >= 0.6 is 0 Å². The SMILES string of the molecule is CNC(C)C(=O)NC1CCCC(O)C1. The van der Waals surface area contributed by atoms with E-state index in [1.54, 1.807) is 7.05 Å². The van der Waals surface area contributed by atoms with Crippen molar-refractivity contribution < 1.29 is 9.90 Å². The molecule has 0 aromatic rings. The monoisotopic (exact) mass is 200 g/mol. The second kappa shape index (κ2) is 5.32. The second-order valence-electron chi connectivity index (χ2n) is 4.04. The molecule has 0 bridgehead atoms. The van der Waals surface area contributed by atoms with E-state index < -0.39 is 0 Å². The lowest BCUT2D eigenvalue weighted by molar-refractivity contribution is -0.123. The molecular weight excluding hydrogens is 180 g/mol. The molecular formula is C10H20N2O2. The van der Waals surface area contributed by atoms with Crippen LogP contribution in [0.3, 0.4) is 0 Å². The van der Waals surface area contributed by atoms with Crippen LogP contribution in [0.4, 0.5) is 0 Å². The topological polar surface area (TPSA) is 61.4 Å². The van der Waals surface area contributed by atoms with Crippen LogP contribution in [0.25, 0.3) is 0 Å². The largest absolute Gasteiger partial charge is 0.393 e. The van der Waals surface area contributed by atoms with Gasteiger partial charge < -0.3 is 15.7 Å². The lowest BCUT2D eigenvalue weighted by Crippen LogP contribution is -2.47. The molecule has 1 fully saturated rings. The van der Waals surface area contributed by atoms with Gasteiger partial charge in [-0.05, 0) is 39.7 Å². The first kappa shape index (κ1) is 11.5. The third-order valence-electron chi connectivity index (χ3n) is 2.82. The van der Waals surface area contributed by atoms with Crippen LogP contribution in [0.15, 0.2) is 0 Å². The molecule has 3 unspecified atom stereocenters. The first-order valence-electron chi connectivity index (χ1n) is 5.29. The number of hydrogen-bond acceptors (Lipinski definition) is 3. The zero-order valence-electron chi connectivity index (χ0n) is 8.92. The first-order valence-corrected chi connectivity index (χ1v) is 5.29. The van der Waals surface area contributed by atoms with Crippen LogP contribution in [0.2, 0.25) is 0 Å². The van der Waals surface area contributed by atoms with Crippen LogP contribution in [-0.4, -0.2) is 36.2 Å². The molecule has 0 aromatic carbocycles. The molecule has 1 amide bonds. The highest BCUT2D eigenvalue weighted by Gasteiger charge is 2.22. The van der Waals surface area contributed by atoms with E-state index >= 15 is 0 Å². The van der Waals surface area contributed by atoms with Gasteiger partial charge in [-0.3, -0.25) is 4.79 Å². The van der Waals surface area contributed by atoms with Gasteiger partial charge in [-0.15, -0.1) is 0 Å². The summed E-state index contributed by atoms with van der Waals surface area (Å²) >= 11 is 0. The van der Waals surface area contributed by atoms with E-state index in [0.717, 1.165) is 19.3 Å². The Hall–Kier alpha value is -0.610. The number of rotatable bonds is 3.